The third kappa shape index (κ3) is 3.50. The first-order chi connectivity index (χ1) is 8.49. The van der Waals surface area contributed by atoms with Crippen molar-refractivity contribution in [1.29, 1.82) is 5.26 Å². The zero-order valence-corrected chi connectivity index (χ0v) is 12.2. The van der Waals surface area contributed by atoms with Crippen molar-refractivity contribution in [3.63, 3.8) is 0 Å². The van der Waals surface area contributed by atoms with E-state index >= 15 is 0 Å². The Balaban J connectivity index is 2.94. The Kier molecular flexibility index (Phi) is 5.22. The molecular weight excluding hydrogens is 220 g/mol. The Morgan fingerprint density at radius 2 is 2.00 bits per heavy atom. The highest BCUT2D eigenvalue weighted by atomic mass is 15.1. The second kappa shape index (κ2) is 6.44. The number of anilines is 1. The van der Waals surface area contributed by atoms with Gasteiger partial charge in [-0.3, -0.25) is 0 Å². The van der Waals surface area contributed by atoms with Crippen molar-refractivity contribution in [2.45, 2.75) is 40.0 Å². The number of aryl methyl sites for hydroxylation is 1. The van der Waals surface area contributed by atoms with Gasteiger partial charge < -0.3 is 4.90 Å². The van der Waals surface area contributed by atoms with Crippen molar-refractivity contribution in [3.8, 4) is 6.07 Å². The van der Waals surface area contributed by atoms with Crippen LogP contribution in [0, 0.1) is 24.2 Å². The number of hydrogen-bond donors (Lipinski definition) is 0. The summed E-state index contributed by atoms with van der Waals surface area (Å²) in [5.41, 5.74) is 3.87. The van der Waals surface area contributed by atoms with Gasteiger partial charge in [-0.25, -0.2) is 0 Å². The lowest BCUT2D eigenvalue weighted by Crippen LogP contribution is -2.25. The van der Waals surface area contributed by atoms with Crippen molar-refractivity contribution in [2.24, 2.45) is 5.92 Å². The molecule has 0 aliphatic rings. The van der Waals surface area contributed by atoms with Crippen LogP contribution in [0.4, 0.5) is 5.69 Å². The summed E-state index contributed by atoms with van der Waals surface area (Å²) in [6.45, 7) is 9.41. The number of benzene rings is 1. The van der Waals surface area contributed by atoms with Crippen molar-refractivity contribution >= 4 is 5.69 Å². The summed E-state index contributed by atoms with van der Waals surface area (Å²) in [5.74, 6) is 0.646. The smallest absolute Gasteiger partial charge is 0.0674 e. The van der Waals surface area contributed by atoms with Crippen LogP contribution in [0.2, 0.25) is 0 Å². The van der Waals surface area contributed by atoms with Gasteiger partial charge >= 0.3 is 0 Å². The first-order valence-corrected chi connectivity index (χ1v) is 6.70. The fourth-order valence-electron chi connectivity index (χ4n) is 2.09. The Bertz CT molecular complexity index is 429. The Morgan fingerprint density at radius 1 is 1.33 bits per heavy atom. The molecule has 0 aliphatic carbocycles. The third-order valence-electron chi connectivity index (χ3n) is 3.48. The number of nitrogens with zero attached hydrogens (tertiary/aromatic N) is 2. The quantitative estimate of drug-likeness (QED) is 0.779. The molecule has 0 saturated heterocycles. The lowest BCUT2D eigenvalue weighted by Gasteiger charge is -2.24. The highest BCUT2D eigenvalue weighted by molar-refractivity contribution is 5.55. The lowest BCUT2D eigenvalue weighted by atomic mass is 9.99. The van der Waals surface area contributed by atoms with Crippen LogP contribution in [-0.4, -0.2) is 13.6 Å². The summed E-state index contributed by atoms with van der Waals surface area (Å²) in [5, 5.41) is 9.06. The molecule has 0 aromatic heterocycles. The maximum absolute atomic E-state index is 9.06. The predicted octanol–water partition coefficient (Wildman–Crippen LogP) is 4.10. The molecule has 2 heteroatoms. The van der Waals surface area contributed by atoms with Crippen LogP contribution in [0.25, 0.3) is 0 Å². The fourth-order valence-corrected chi connectivity index (χ4v) is 2.09. The molecule has 1 aromatic rings. The molecular formula is C16H24N2. The molecule has 98 valence electrons. The molecule has 1 aromatic carbocycles. The van der Waals surface area contributed by atoms with Crippen LogP contribution in [0.15, 0.2) is 18.2 Å². The normalized spacial score (nSPS) is 12.3. The second-order valence-electron chi connectivity index (χ2n) is 5.32. The summed E-state index contributed by atoms with van der Waals surface area (Å²) in [7, 11) is 2.08. The van der Waals surface area contributed by atoms with Gasteiger partial charge in [0.25, 0.3) is 0 Å². The number of rotatable bonds is 5. The van der Waals surface area contributed by atoms with Gasteiger partial charge in [0.2, 0.25) is 0 Å². The molecule has 0 bridgehead atoms. The van der Waals surface area contributed by atoms with Crippen LogP contribution in [-0.2, 0) is 0 Å². The average Bonchev–Trinajstić information content (AvgIpc) is 2.35. The van der Waals surface area contributed by atoms with E-state index < -0.39 is 0 Å². The fraction of sp³-hybridized carbons (Fsp3) is 0.562. The Hall–Kier alpha value is -1.49. The summed E-state index contributed by atoms with van der Waals surface area (Å²) in [6.07, 6.45) is 0.907. The largest absolute Gasteiger partial charge is 0.373 e. The molecule has 1 rings (SSSR count). The van der Waals surface area contributed by atoms with E-state index in [1.54, 1.807) is 0 Å². The van der Waals surface area contributed by atoms with Gasteiger partial charge in [0.15, 0.2) is 0 Å². The zero-order chi connectivity index (χ0) is 13.7. The zero-order valence-electron chi connectivity index (χ0n) is 12.2. The second-order valence-corrected chi connectivity index (χ2v) is 5.32. The minimum absolute atomic E-state index is 0.108. The molecule has 0 fully saturated rings. The van der Waals surface area contributed by atoms with Crippen LogP contribution in [0.5, 0.6) is 0 Å². The van der Waals surface area contributed by atoms with E-state index in [0.29, 0.717) is 5.92 Å². The highest BCUT2D eigenvalue weighted by Crippen LogP contribution is 2.25. The first kappa shape index (κ1) is 14.6. The van der Waals surface area contributed by atoms with E-state index in [0.717, 1.165) is 13.0 Å². The average molecular weight is 244 g/mol. The molecule has 1 unspecified atom stereocenters. The minimum atomic E-state index is 0.108. The van der Waals surface area contributed by atoms with Crippen LogP contribution >= 0.6 is 0 Å². The van der Waals surface area contributed by atoms with E-state index in [1.807, 2.05) is 0 Å². The third-order valence-corrected chi connectivity index (χ3v) is 3.48. The molecule has 0 spiro atoms. The maximum Gasteiger partial charge on any atom is 0.0674 e. The van der Waals surface area contributed by atoms with E-state index in [9.17, 15) is 0 Å². The molecule has 18 heavy (non-hydrogen) atoms. The van der Waals surface area contributed by atoms with E-state index in [4.69, 9.17) is 5.26 Å². The lowest BCUT2D eigenvalue weighted by molar-refractivity contribution is 0.630. The molecule has 0 saturated carbocycles. The van der Waals surface area contributed by atoms with Crippen LogP contribution in [0.1, 0.15) is 44.2 Å². The molecule has 0 aliphatic heterocycles. The van der Waals surface area contributed by atoms with Gasteiger partial charge in [0.1, 0.15) is 0 Å². The van der Waals surface area contributed by atoms with Gasteiger partial charge in [-0.15, -0.1) is 0 Å². The van der Waals surface area contributed by atoms with Gasteiger partial charge in [-0.1, -0.05) is 32.9 Å². The van der Waals surface area contributed by atoms with E-state index in [-0.39, 0.29) is 5.92 Å². The maximum atomic E-state index is 9.06. The van der Waals surface area contributed by atoms with Gasteiger partial charge in [0, 0.05) is 19.3 Å². The summed E-state index contributed by atoms with van der Waals surface area (Å²) < 4.78 is 0. The standard InChI is InChI=1S/C16H24N2/c1-6-14(10-17)11-18(5)16-9-15(12(2)3)8-7-13(16)4/h7-9,12,14H,6,11H2,1-5H3. The molecule has 1 atom stereocenters. The Labute approximate surface area is 111 Å². The van der Waals surface area contributed by atoms with Crippen molar-refractivity contribution < 1.29 is 0 Å². The monoisotopic (exact) mass is 244 g/mol. The minimum Gasteiger partial charge on any atom is -0.373 e. The van der Waals surface area contributed by atoms with Gasteiger partial charge in [-0.2, -0.15) is 5.26 Å². The van der Waals surface area contributed by atoms with Crippen molar-refractivity contribution in [1.82, 2.24) is 0 Å². The summed E-state index contributed by atoms with van der Waals surface area (Å²) in [4.78, 5) is 2.21. The first-order valence-electron chi connectivity index (χ1n) is 6.70. The Morgan fingerprint density at radius 3 is 2.50 bits per heavy atom. The summed E-state index contributed by atoms with van der Waals surface area (Å²) in [6, 6.07) is 8.99. The number of hydrogen-bond acceptors (Lipinski definition) is 2. The summed E-state index contributed by atoms with van der Waals surface area (Å²) >= 11 is 0. The van der Waals surface area contributed by atoms with Crippen LogP contribution < -0.4 is 4.90 Å². The van der Waals surface area contributed by atoms with E-state index in [1.165, 1.54) is 16.8 Å². The van der Waals surface area contributed by atoms with Gasteiger partial charge in [0.05, 0.1) is 12.0 Å². The molecule has 0 amide bonds. The number of nitriles is 1. The molecule has 0 N–H and O–H groups in total. The predicted molar refractivity (Wildman–Crippen MR) is 77.9 cm³/mol. The van der Waals surface area contributed by atoms with E-state index in [2.05, 4.69) is 63.9 Å². The topological polar surface area (TPSA) is 27.0 Å². The molecule has 2 nitrogen and oxygen atoms in total. The molecule has 0 radical (unpaired) electrons. The van der Waals surface area contributed by atoms with Crippen molar-refractivity contribution in [2.75, 3.05) is 18.5 Å². The van der Waals surface area contributed by atoms with Gasteiger partial charge in [-0.05, 0) is 36.5 Å². The van der Waals surface area contributed by atoms with Crippen LogP contribution in [0.3, 0.4) is 0 Å². The molecule has 0 heterocycles. The SMILES string of the molecule is CCC(C#N)CN(C)c1cc(C(C)C)ccc1C. The van der Waals surface area contributed by atoms with Crippen molar-refractivity contribution in [3.05, 3.63) is 29.3 Å². The highest BCUT2D eigenvalue weighted by Gasteiger charge is 2.12.